The summed E-state index contributed by atoms with van der Waals surface area (Å²) in [6, 6.07) is 0. The van der Waals surface area contributed by atoms with E-state index in [9.17, 15) is 4.79 Å². The topological polar surface area (TPSA) is 73.6 Å². The SMILES string of the molecule is CCCCCC(C)C(=O)NCCOCCOCCN. The molecule has 0 aliphatic carbocycles. The number of carbonyl (C=O) groups is 1. The number of hydrogen-bond acceptors (Lipinski definition) is 4. The van der Waals surface area contributed by atoms with E-state index in [1.807, 2.05) is 6.92 Å². The first-order valence-electron chi connectivity index (χ1n) is 7.35. The predicted octanol–water partition coefficient (Wildman–Crippen LogP) is 1.31. The van der Waals surface area contributed by atoms with Crippen LogP contribution in [0.5, 0.6) is 0 Å². The molecule has 1 amide bonds. The molecule has 0 aliphatic rings. The lowest BCUT2D eigenvalue weighted by molar-refractivity contribution is -0.125. The van der Waals surface area contributed by atoms with Crippen LogP contribution in [0.2, 0.25) is 0 Å². The average Bonchev–Trinajstić information content (AvgIpc) is 2.41. The average molecular weight is 274 g/mol. The molecule has 0 spiro atoms. The fourth-order valence-corrected chi connectivity index (χ4v) is 1.66. The third-order valence-electron chi connectivity index (χ3n) is 2.87. The van der Waals surface area contributed by atoms with Crippen LogP contribution < -0.4 is 11.1 Å². The Kier molecular flexibility index (Phi) is 13.3. The molecule has 1 atom stereocenters. The van der Waals surface area contributed by atoms with Crippen LogP contribution in [0.4, 0.5) is 0 Å². The van der Waals surface area contributed by atoms with Crippen LogP contribution in [-0.4, -0.2) is 45.4 Å². The highest BCUT2D eigenvalue weighted by molar-refractivity contribution is 5.78. The Balaban J connectivity index is 3.32. The van der Waals surface area contributed by atoms with E-state index in [0.29, 0.717) is 39.5 Å². The van der Waals surface area contributed by atoms with Gasteiger partial charge in [-0.1, -0.05) is 33.1 Å². The van der Waals surface area contributed by atoms with Crippen LogP contribution in [0.3, 0.4) is 0 Å². The second-order valence-corrected chi connectivity index (χ2v) is 4.70. The molecule has 0 saturated carbocycles. The van der Waals surface area contributed by atoms with E-state index in [1.54, 1.807) is 0 Å². The first-order chi connectivity index (χ1) is 9.22. The van der Waals surface area contributed by atoms with Crippen LogP contribution in [0.25, 0.3) is 0 Å². The van der Waals surface area contributed by atoms with Crippen LogP contribution in [0, 0.1) is 5.92 Å². The van der Waals surface area contributed by atoms with Crippen LogP contribution in [0.15, 0.2) is 0 Å². The molecule has 0 bridgehead atoms. The number of carbonyl (C=O) groups excluding carboxylic acids is 1. The van der Waals surface area contributed by atoms with Crippen molar-refractivity contribution in [1.29, 1.82) is 0 Å². The molecule has 114 valence electrons. The molecule has 0 heterocycles. The first kappa shape index (κ1) is 18.4. The number of unbranched alkanes of at least 4 members (excludes halogenated alkanes) is 2. The zero-order chi connectivity index (χ0) is 14.3. The lowest BCUT2D eigenvalue weighted by atomic mass is 10.0. The Morgan fingerprint density at radius 3 is 2.47 bits per heavy atom. The second kappa shape index (κ2) is 13.8. The Morgan fingerprint density at radius 1 is 1.16 bits per heavy atom. The van der Waals surface area contributed by atoms with Crippen molar-refractivity contribution in [2.45, 2.75) is 39.5 Å². The van der Waals surface area contributed by atoms with Gasteiger partial charge < -0.3 is 20.5 Å². The van der Waals surface area contributed by atoms with Gasteiger partial charge >= 0.3 is 0 Å². The van der Waals surface area contributed by atoms with Gasteiger partial charge in [-0.05, 0) is 6.42 Å². The van der Waals surface area contributed by atoms with Gasteiger partial charge in [0, 0.05) is 19.0 Å². The van der Waals surface area contributed by atoms with Crippen LogP contribution in [-0.2, 0) is 14.3 Å². The molecule has 5 heteroatoms. The molecule has 5 nitrogen and oxygen atoms in total. The molecular formula is C14H30N2O3. The minimum Gasteiger partial charge on any atom is -0.378 e. The molecule has 0 aromatic carbocycles. The van der Waals surface area contributed by atoms with Crippen LogP contribution >= 0.6 is 0 Å². The number of nitrogens with one attached hydrogen (secondary N) is 1. The highest BCUT2D eigenvalue weighted by Crippen LogP contribution is 2.08. The fraction of sp³-hybridized carbons (Fsp3) is 0.929. The minimum atomic E-state index is 0.0967. The predicted molar refractivity (Wildman–Crippen MR) is 77.0 cm³/mol. The molecule has 3 N–H and O–H groups in total. The monoisotopic (exact) mass is 274 g/mol. The van der Waals surface area contributed by atoms with Crippen molar-refractivity contribution in [1.82, 2.24) is 5.32 Å². The quantitative estimate of drug-likeness (QED) is 0.497. The Bertz CT molecular complexity index is 213. The Morgan fingerprint density at radius 2 is 1.84 bits per heavy atom. The third kappa shape index (κ3) is 12.1. The summed E-state index contributed by atoms with van der Waals surface area (Å²) in [7, 11) is 0. The van der Waals surface area contributed by atoms with Crippen molar-refractivity contribution in [3.63, 3.8) is 0 Å². The maximum atomic E-state index is 11.7. The van der Waals surface area contributed by atoms with Crippen molar-refractivity contribution in [2.75, 3.05) is 39.5 Å². The summed E-state index contributed by atoms with van der Waals surface area (Å²) < 4.78 is 10.5. The summed E-state index contributed by atoms with van der Waals surface area (Å²) >= 11 is 0. The van der Waals surface area contributed by atoms with Gasteiger partial charge in [-0.25, -0.2) is 0 Å². The summed E-state index contributed by atoms with van der Waals surface area (Å²) in [5.41, 5.74) is 5.28. The molecule has 0 aromatic heterocycles. The van der Waals surface area contributed by atoms with Crippen LogP contribution in [0.1, 0.15) is 39.5 Å². The summed E-state index contributed by atoms with van der Waals surface area (Å²) in [5.74, 6) is 0.221. The molecule has 0 saturated heterocycles. The highest BCUT2D eigenvalue weighted by atomic mass is 16.5. The maximum Gasteiger partial charge on any atom is 0.222 e. The van der Waals surface area contributed by atoms with Crippen molar-refractivity contribution in [3.05, 3.63) is 0 Å². The molecule has 0 radical (unpaired) electrons. The normalized spacial score (nSPS) is 12.4. The number of ether oxygens (including phenoxy) is 2. The van der Waals surface area contributed by atoms with E-state index in [1.165, 1.54) is 12.8 Å². The summed E-state index contributed by atoms with van der Waals surface area (Å²) in [6.07, 6.45) is 4.48. The van der Waals surface area contributed by atoms with Gasteiger partial charge in [-0.2, -0.15) is 0 Å². The third-order valence-corrected chi connectivity index (χ3v) is 2.87. The molecule has 0 aromatic rings. The molecule has 19 heavy (non-hydrogen) atoms. The largest absolute Gasteiger partial charge is 0.378 e. The van der Waals surface area contributed by atoms with Gasteiger partial charge in [0.15, 0.2) is 0 Å². The summed E-state index contributed by atoms with van der Waals surface area (Å²) in [4.78, 5) is 11.7. The van der Waals surface area contributed by atoms with Gasteiger partial charge in [-0.3, -0.25) is 4.79 Å². The minimum absolute atomic E-state index is 0.0967. The van der Waals surface area contributed by atoms with Gasteiger partial charge in [0.1, 0.15) is 0 Å². The number of rotatable bonds is 13. The van der Waals surface area contributed by atoms with Crippen molar-refractivity contribution < 1.29 is 14.3 Å². The maximum absolute atomic E-state index is 11.7. The number of hydrogen-bond donors (Lipinski definition) is 2. The fourth-order valence-electron chi connectivity index (χ4n) is 1.66. The summed E-state index contributed by atoms with van der Waals surface area (Å²) in [6.45, 7) is 7.43. The Labute approximate surface area is 117 Å². The Hall–Kier alpha value is -0.650. The van der Waals surface area contributed by atoms with Crippen molar-refractivity contribution in [3.8, 4) is 0 Å². The number of nitrogens with two attached hydrogens (primary N) is 1. The van der Waals surface area contributed by atoms with Crippen molar-refractivity contribution in [2.24, 2.45) is 11.7 Å². The molecule has 0 aliphatic heterocycles. The standard InChI is InChI=1S/C14H30N2O3/c1-3-4-5-6-13(2)14(17)16-8-10-19-12-11-18-9-7-15/h13H,3-12,15H2,1-2H3,(H,16,17). The van der Waals surface area contributed by atoms with E-state index in [0.717, 1.165) is 12.8 Å². The van der Waals surface area contributed by atoms with Gasteiger partial charge in [0.05, 0.1) is 26.4 Å². The smallest absolute Gasteiger partial charge is 0.222 e. The van der Waals surface area contributed by atoms with E-state index < -0.39 is 0 Å². The van der Waals surface area contributed by atoms with Crippen molar-refractivity contribution >= 4 is 5.91 Å². The van der Waals surface area contributed by atoms with Gasteiger partial charge in [0.2, 0.25) is 5.91 Å². The van der Waals surface area contributed by atoms with E-state index in [2.05, 4.69) is 12.2 Å². The lowest BCUT2D eigenvalue weighted by Crippen LogP contribution is -2.32. The molecule has 0 fully saturated rings. The molecule has 0 rings (SSSR count). The van der Waals surface area contributed by atoms with E-state index in [-0.39, 0.29) is 11.8 Å². The van der Waals surface area contributed by atoms with Gasteiger partial charge in [0.25, 0.3) is 0 Å². The zero-order valence-corrected chi connectivity index (χ0v) is 12.5. The molecule has 1 unspecified atom stereocenters. The lowest BCUT2D eigenvalue weighted by Gasteiger charge is -2.12. The number of amides is 1. The van der Waals surface area contributed by atoms with E-state index >= 15 is 0 Å². The second-order valence-electron chi connectivity index (χ2n) is 4.70. The van der Waals surface area contributed by atoms with E-state index in [4.69, 9.17) is 15.2 Å². The summed E-state index contributed by atoms with van der Waals surface area (Å²) in [5, 5.41) is 2.89. The first-order valence-corrected chi connectivity index (χ1v) is 7.35. The van der Waals surface area contributed by atoms with Gasteiger partial charge in [-0.15, -0.1) is 0 Å². The highest BCUT2D eigenvalue weighted by Gasteiger charge is 2.11. The zero-order valence-electron chi connectivity index (χ0n) is 12.5. The molecular weight excluding hydrogens is 244 g/mol.